The average Bonchev–Trinajstić information content (AvgIpc) is 0.839. The Morgan fingerprint density at radius 3 is 1.51 bits per heavy atom. The number of Topliss-reactive ketones (excluding diaryl/α,β-unsaturated/α-hetero) is 1. The van der Waals surface area contributed by atoms with Crippen LogP contribution in [0.4, 0.5) is 10.5 Å². The van der Waals surface area contributed by atoms with Gasteiger partial charge in [-0.15, -0.1) is 0 Å². The number of piperidine rings is 3. The van der Waals surface area contributed by atoms with Crippen LogP contribution < -0.4 is 10.1 Å². The van der Waals surface area contributed by atoms with Crippen molar-refractivity contribution in [2.45, 2.75) is 166 Å². The van der Waals surface area contributed by atoms with Gasteiger partial charge in [0, 0.05) is 83.5 Å². The number of amides is 2. The molecule has 1 aromatic rings. The van der Waals surface area contributed by atoms with Crippen LogP contribution in [0.15, 0.2) is 18.2 Å². The number of ether oxygens (including phenoxy) is 10. The van der Waals surface area contributed by atoms with E-state index in [-0.39, 0.29) is 64.0 Å². The van der Waals surface area contributed by atoms with Crippen LogP contribution in [0.2, 0.25) is 0 Å². The first-order valence-electron chi connectivity index (χ1n) is 33.3. The van der Waals surface area contributed by atoms with Crippen LogP contribution in [0.5, 0.6) is 5.75 Å². The van der Waals surface area contributed by atoms with Crippen molar-refractivity contribution in [1.82, 2.24) is 9.80 Å². The number of anilines is 1. The smallest absolute Gasteiger partial charge is 0.412 e. The van der Waals surface area contributed by atoms with E-state index in [1.807, 2.05) is 25.1 Å². The minimum atomic E-state index is -3.69. The Labute approximate surface area is 569 Å². The molecule has 2 bridgehead atoms. The maximum atomic E-state index is 13.2. The first-order valence-corrected chi connectivity index (χ1v) is 41.1. The number of carbonyl (C=O) groups is 3. The van der Waals surface area contributed by atoms with Gasteiger partial charge in [0.25, 0.3) is 0 Å². The Morgan fingerprint density at radius 1 is 0.538 bits per heavy atom. The molecule has 3 heterocycles. The van der Waals surface area contributed by atoms with Gasteiger partial charge in [0.1, 0.15) is 17.6 Å². The van der Waals surface area contributed by atoms with E-state index < -0.39 is 31.7 Å². The van der Waals surface area contributed by atoms with Gasteiger partial charge in [0.15, 0.2) is 0 Å². The second-order valence-corrected chi connectivity index (χ2v) is 32.3. The van der Waals surface area contributed by atoms with Gasteiger partial charge in [-0.2, -0.15) is 0 Å². The molecule has 540 valence electrons. The summed E-state index contributed by atoms with van der Waals surface area (Å²) in [6.07, 6.45) is 20.0. The number of nitrogens with zero attached hydrogens (tertiary/aromatic N) is 2. The van der Waals surface area contributed by atoms with Crippen LogP contribution in [0, 0.1) is 12.3 Å². The van der Waals surface area contributed by atoms with Crippen molar-refractivity contribution in [1.29, 1.82) is 0 Å². The summed E-state index contributed by atoms with van der Waals surface area (Å²) < 4.78 is 87.3. The molecule has 25 nitrogen and oxygen atoms in total. The molecule has 1 aromatic carbocycles. The molecule has 3 saturated heterocycles. The lowest BCUT2D eigenvalue weighted by atomic mass is 9.80. The Bertz CT molecular complexity index is 2320. The molecule has 4 rings (SSSR count). The van der Waals surface area contributed by atoms with Crippen molar-refractivity contribution in [3.63, 3.8) is 0 Å². The quantitative estimate of drug-likeness (QED) is 0.0348. The van der Waals surface area contributed by atoms with Crippen LogP contribution >= 0.6 is 20.2 Å². The molecule has 2 amide bonds. The van der Waals surface area contributed by atoms with Crippen molar-refractivity contribution < 1.29 is 104 Å². The van der Waals surface area contributed by atoms with E-state index in [1.165, 1.54) is 78.4 Å². The Kier molecular flexibility index (Phi) is 45.3. The maximum Gasteiger partial charge on any atom is 0.412 e. The number of hydrogen-bond acceptors (Lipinski definition) is 23. The third-order valence-corrected chi connectivity index (χ3v) is 21.4. The highest BCUT2D eigenvalue weighted by Gasteiger charge is 2.41. The third kappa shape index (κ3) is 39.3. The van der Waals surface area contributed by atoms with Gasteiger partial charge in [-0.25, -0.2) is 4.79 Å². The highest BCUT2D eigenvalue weighted by atomic mass is 32.5. The minimum absolute atomic E-state index is 0.0131. The van der Waals surface area contributed by atoms with E-state index in [9.17, 15) is 29.1 Å². The van der Waals surface area contributed by atoms with Crippen molar-refractivity contribution in [2.24, 2.45) is 5.41 Å². The zero-order valence-electron chi connectivity index (χ0n) is 55.8. The van der Waals surface area contributed by atoms with E-state index in [0.29, 0.717) is 154 Å². The number of unbranched alkanes of at least 4 members (excludes halogenated alkanes) is 10. The fraction of sp³-hybridized carbons (Fsp3) is 0.855. The molecule has 3 aliphatic heterocycles. The standard InChI is InChI=1S/C62H112N3O22P3S3/c1-53-22-23-59(72-2)58(48-53)63-61(68)87-57-49-54-18-17-19-55(50-57)65(54)27-15-11-7-5-6-8-12-16-30-75-32-34-77-35-33-76-31-24-56(66)20-13-9-10-14-21-60(67)64-28-25-62(26-29-64,51-85-89(70,92)74-4)52-86-90(71,93)84-47-45-82-43-41-80-39-37-78-36-38-79-40-42-81-44-46-83-88(69,91)73-3/h22-23,48,54-55,57H,5-21,24-47,49-52H2,1-4H3,(H,63,68)(H,69,91)(H,70,92)(H,71,93). The van der Waals surface area contributed by atoms with E-state index in [1.54, 1.807) is 12.0 Å². The summed E-state index contributed by atoms with van der Waals surface area (Å²) >= 11 is 15.1. The van der Waals surface area contributed by atoms with Crippen LogP contribution in [0.3, 0.4) is 0 Å². The molecular formula is C62H112N3O22P3S3. The van der Waals surface area contributed by atoms with Crippen LogP contribution in [0.25, 0.3) is 0 Å². The van der Waals surface area contributed by atoms with E-state index in [2.05, 4.69) is 14.7 Å². The maximum absolute atomic E-state index is 13.2. The summed E-state index contributed by atoms with van der Waals surface area (Å²) in [4.78, 5) is 73.8. The summed E-state index contributed by atoms with van der Waals surface area (Å²) in [6, 6.07) is 6.70. The molecule has 0 aromatic heterocycles. The van der Waals surface area contributed by atoms with Gasteiger partial charge in [-0.05, 0) is 118 Å². The van der Waals surface area contributed by atoms with Crippen molar-refractivity contribution in [2.75, 3.05) is 178 Å². The molecule has 0 spiro atoms. The van der Waals surface area contributed by atoms with Crippen LogP contribution in [-0.2, 0) is 115 Å². The predicted molar refractivity (Wildman–Crippen MR) is 365 cm³/mol. The Balaban J connectivity index is 0.892. The first-order chi connectivity index (χ1) is 44.9. The number of aryl methyl sites for hydroxylation is 1. The molecule has 0 radical (unpaired) electrons. The molecule has 3 aliphatic rings. The number of nitrogens with one attached hydrogen (secondary N) is 1. The number of hydrogen-bond donors (Lipinski definition) is 4. The topological polar surface area (TPSA) is 278 Å². The van der Waals surface area contributed by atoms with E-state index in [4.69, 9.17) is 105 Å². The predicted octanol–water partition coefficient (Wildman–Crippen LogP) is 10.1. The highest BCUT2D eigenvalue weighted by molar-refractivity contribution is 8.07. The van der Waals surface area contributed by atoms with Gasteiger partial charge in [0.2, 0.25) is 5.91 Å². The number of benzene rings is 1. The summed E-state index contributed by atoms with van der Waals surface area (Å²) in [5.74, 6) is 0.826. The molecule has 4 N–H and O–H groups in total. The molecule has 3 fully saturated rings. The number of methoxy groups -OCH3 is 1. The second kappa shape index (κ2) is 50.1. The molecule has 5 unspecified atom stereocenters. The molecule has 0 aliphatic carbocycles. The monoisotopic (exact) mass is 1440 g/mol. The Hall–Kier alpha value is -1.34. The van der Waals surface area contributed by atoms with Gasteiger partial charge >= 0.3 is 26.2 Å². The molecular weight excluding hydrogens is 1330 g/mol. The summed E-state index contributed by atoms with van der Waals surface area (Å²) in [7, 11) is 4.16. The number of fused-ring (bicyclic) bond motifs is 2. The molecule has 0 saturated carbocycles. The van der Waals surface area contributed by atoms with Gasteiger partial charge < -0.3 is 94.1 Å². The summed E-state index contributed by atoms with van der Waals surface area (Å²) in [6.45, 7) is -0.0387. The fourth-order valence-corrected chi connectivity index (χ4v) is 13.7. The van der Waals surface area contributed by atoms with Crippen molar-refractivity contribution in [3.8, 4) is 5.75 Å². The zero-order valence-corrected chi connectivity index (χ0v) is 61.0. The average molecular weight is 1440 g/mol. The lowest BCUT2D eigenvalue weighted by Gasteiger charge is -2.48. The third-order valence-electron chi connectivity index (χ3n) is 16.4. The number of carbonyl (C=O) groups excluding carboxylic acids is 3. The van der Waals surface area contributed by atoms with Gasteiger partial charge in [-0.1, -0.05) is 63.9 Å². The highest BCUT2D eigenvalue weighted by Crippen LogP contribution is 2.50. The van der Waals surface area contributed by atoms with Gasteiger partial charge in [0.05, 0.1) is 138 Å². The lowest BCUT2D eigenvalue weighted by molar-refractivity contribution is -0.134. The summed E-state index contributed by atoms with van der Waals surface area (Å²) in [5, 5.41) is 2.90. The number of ketones is 1. The second-order valence-electron chi connectivity index (χ2n) is 23.6. The molecule has 93 heavy (non-hydrogen) atoms. The lowest BCUT2D eigenvalue weighted by Crippen LogP contribution is -2.54. The van der Waals surface area contributed by atoms with E-state index >= 15 is 0 Å². The first kappa shape index (κ1) is 84.1. The minimum Gasteiger partial charge on any atom is -0.495 e. The summed E-state index contributed by atoms with van der Waals surface area (Å²) in [5.41, 5.74) is 0.957. The van der Waals surface area contributed by atoms with Crippen LogP contribution in [-0.4, -0.2) is 234 Å². The zero-order chi connectivity index (χ0) is 67.3. The van der Waals surface area contributed by atoms with Crippen LogP contribution in [0.1, 0.15) is 147 Å². The van der Waals surface area contributed by atoms with E-state index in [0.717, 1.165) is 57.2 Å². The van der Waals surface area contributed by atoms with Crippen molar-refractivity contribution >= 4 is 79.0 Å². The molecule has 31 heteroatoms. The fourth-order valence-electron chi connectivity index (χ4n) is 11.2. The number of likely N-dealkylation sites (tertiary alicyclic amines) is 1. The largest absolute Gasteiger partial charge is 0.495 e. The van der Waals surface area contributed by atoms with Crippen molar-refractivity contribution in [3.05, 3.63) is 23.8 Å². The SMILES string of the molecule is COc1ccc(C)cc1NC(=O)OC1CC2CCCC(C1)N2CCCCCCCCCCOCCOCCOCCC(=O)CCCCCCC(=O)N1CCC(COP(O)(=S)OC)(COP(O)(=S)OCCOCCOCCOCCOCCOCCOP(O)(=S)OC)CC1. The normalized spacial score (nSPS) is 19.4. The number of rotatable bonds is 58. The Morgan fingerprint density at radius 2 is 0.978 bits per heavy atom. The molecule has 5 atom stereocenters. The van der Waals surface area contributed by atoms with Gasteiger partial charge in [-0.3, -0.25) is 19.8 Å².